The standard InChI is InChI=1S/C3H10OSi.2CH3O.Al.H/c1-5(2,3)4;2*1-2;;/h4H,1-3H3;2*1H3;;/q;2*-1;+2;. The molecule has 10 heavy (non-hydrogen) atoms. The first kappa shape index (κ1) is 13.2. The first-order valence-corrected chi connectivity index (χ1v) is 7.72. The molecule has 0 heterocycles. The van der Waals surface area contributed by atoms with Crippen LogP contribution in [0.15, 0.2) is 0 Å². The second-order valence-corrected chi connectivity index (χ2v) is 8.60. The van der Waals surface area contributed by atoms with Gasteiger partial charge in [0, 0.05) is 14.2 Å². The molecule has 0 bridgehead atoms. The lowest BCUT2D eigenvalue weighted by atomic mass is 11.8. The van der Waals surface area contributed by atoms with Crippen molar-refractivity contribution in [3.8, 4) is 0 Å². The third kappa shape index (κ3) is 72.7. The molecule has 0 aliphatic heterocycles. The Morgan fingerprint density at radius 3 is 1.30 bits per heavy atom. The van der Waals surface area contributed by atoms with Crippen molar-refractivity contribution in [2.45, 2.75) is 19.6 Å². The molecule has 62 valence electrons. The van der Waals surface area contributed by atoms with Gasteiger partial charge < -0.3 is 12.4 Å². The minimum atomic E-state index is -1.61. The Balaban J connectivity index is 0. The van der Waals surface area contributed by atoms with Crippen LogP contribution in [0.5, 0.6) is 0 Å². The summed E-state index contributed by atoms with van der Waals surface area (Å²) in [7, 11) is 1.69. The summed E-state index contributed by atoms with van der Waals surface area (Å²) in [5, 5.41) is 0. The zero-order valence-corrected chi connectivity index (χ0v) is 9.89. The highest BCUT2D eigenvalue weighted by Crippen LogP contribution is 1.88. The first-order valence-electron chi connectivity index (χ1n) is 3.12. The molecule has 0 aromatic rings. The van der Waals surface area contributed by atoms with Gasteiger partial charge in [0.25, 0.3) is 0 Å². The van der Waals surface area contributed by atoms with E-state index in [-0.39, 0.29) is 0 Å². The monoisotopic (exact) mass is 180 g/mol. The Bertz CT molecular complexity index is 56.4. The number of rotatable bonds is 2. The van der Waals surface area contributed by atoms with Gasteiger partial charge in [0.2, 0.25) is 0 Å². The summed E-state index contributed by atoms with van der Waals surface area (Å²) < 4.78 is 9.22. The fourth-order valence-corrected chi connectivity index (χ4v) is 0.354. The molecular formula is C5H17AlO3Si. The van der Waals surface area contributed by atoms with Gasteiger partial charge in [-0.3, -0.25) is 0 Å². The van der Waals surface area contributed by atoms with E-state index in [1.165, 1.54) is 0 Å². The fourth-order valence-electron chi connectivity index (χ4n) is 0.118. The van der Waals surface area contributed by atoms with E-state index in [2.05, 4.69) is 7.58 Å². The van der Waals surface area contributed by atoms with Crippen molar-refractivity contribution in [2.24, 2.45) is 0 Å². The molecule has 0 aliphatic rings. The SMILES string of the molecule is C[O][AlH][O]C.C[Si](C)(C)O. The first-order chi connectivity index (χ1) is 4.41. The summed E-state index contributed by atoms with van der Waals surface area (Å²) >= 11 is -0.568. The molecule has 0 aromatic carbocycles. The van der Waals surface area contributed by atoms with Crippen LogP contribution >= 0.6 is 0 Å². The molecule has 0 spiro atoms. The highest BCUT2D eigenvalue weighted by molar-refractivity contribution is 6.68. The topological polar surface area (TPSA) is 38.7 Å². The van der Waals surface area contributed by atoms with Crippen LogP contribution in [0.3, 0.4) is 0 Å². The summed E-state index contributed by atoms with van der Waals surface area (Å²) in [5.41, 5.74) is 0. The maximum Gasteiger partial charge on any atom is 0.649 e. The van der Waals surface area contributed by atoms with E-state index in [1.807, 2.05) is 19.6 Å². The van der Waals surface area contributed by atoms with Crippen molar-refractivity contribution in [2.75, 3.05) is 14.2 Å². The summed E-state index contributed by atoms with van der Waals surface area (Å²) in [6.07, 6.45) is 0. The van der Waals surface area contributed by atoms with Gasteiger partial charge >= 0.3 is 15.9 Å². The van der Waals surface area contributed by atoms with E-state index in [0.717, 1.165) is 0 Å². The van der Waals surface area contributed by atoms with E-state index >= 15 is 0 Å². The minimum Gasteiger partial charge on any atom is -0.484 e. The molecule has 0 aliphatic carbocycles. The molecule has 0 radical (unpaired) electrons. The van der Waals surface area contributed by atoms with Gasteiger partial charge in [0.15, 0.2) is 8.32 Å². The second-order valence-electron chi connectivity index (χ2n) is 2.87. The van der Waals surface area contributed by atoms with Crippen molar-refractivity contribution in [1.82, 2.24) is 0 Å². The number of hydrogen-bond donors (Lipinski definition) is 1. The highest BCUT2D eigenvalue weighted by Gasteiger charge is 2.03. The largest absolute Gasteiger partial charge is 0.649 e. The van der Waals surface area contributed by atoms with E-state index < -0.39 is 24.2 Å². The maximum atomic E-state index is 8.66. The average molecular weight is 180 g/mol. The molecule has 0 unspecified atom stereocenters. The van der Waals surface area contributed by atoms with Crippen molar-refractivity contribution in [3.63, 3.8) is 0 Å². The van der Waals surface area contributed by atoms with Crippen LogP contribution in [-0.4, -0.2) is 43.2 Å². The normalized spacial score (nSPS) is 9.80. The van der Waals surface area contributed by atoms with Gasteiger partial charge in [-0.05, 0) is 19.6 Å². The van der Waals surface area contributed by atoms with Gasteiger partial charge in [0.05, 0.1) is 0 Å². The Morgan fingerprint density at radius 1 is 1.10 bits per heavy atom. The van der Waals surface area contributed by atoms with Crippen molar-refractivity contribution < 1.29 is 12.4 Å². The van der Waals surface area contributed by atoms with E-state index in [1.54, 1.807) is 14.2 Å². The lowest BCUT2D eigenvalue weighted by molar-refractivity contribution is 0.309. The van der Waals surface area contributed by atoms with Crippen LogP contribution in [-0.2, 0) is 7.58 Å². The predicted octanol–water partition coefficient (Wildman–Crippen LogP) is 0.359. The number of hydrogen-bond acceptors (Lipinski definition) is 3. The Kier molecular flexibility index (Phi) is 10.2. The quantitative estimate of drug-likeness (QED) is 0.624. The van der Waals surface area contributed by atoms with E-state index in [0.29, 0.717) is 0 Å². The summed E-state index contributed by atoms with van der Waals surface area (Å²) in [4.78, 5) is 8.66. The lowest BCUT2D eigenvalue weighted by Gasteiger charge is -2.00. The lowest BCUT2D eigenvalue weighted by Crippen LogP contribution is -2.17. The van der Waals surface area contributed by atoms with Crippen LogP contribution in [0.4, 0.5) is 0 Å². The molecule has 0 saturated carbocycles. The third-order valence-electron chi connectivity index (χ3n) is 0.236. The average Bonchev–Trinajstić information content (AvgIpc) is 1.63. The summed E-state index contributed by atoms with van der Waals surface area (Å²) in [5.74, 6) is 0. The van der Waals surface area contributed by atoms with Crippen molar-refractivity contribution >= 4 is 24.2 Å². The molecule has 5 heteroatoms. The second kappa shape index (κ2) is 7.73. The van der Waals surface area contributed by atoms with Crippen molar-refractivity contribution in [3.05, 3.63) is 0 Å². The molecule has 0 saturated heterocycles. The Labute approximate surface area is 70.9 Å². The Hall–Kier alpha value is 0.629. The molecule has 0 fully saturated rings. The van der Waals surface area contributed by atoms with Crippen LogP contribution < -0.4 is 0 Å². The molecule has 0 amide bonds. The van der Waals surface area contributed by atoms with Gasteiger partial charge in [-0.15, -0.1) is 0 Å². The molecular weight excluding hydrogens is 163 g/mol. The molecule has 0 aromatic heterocycles. The smallest absolute Gasteiger partial charge is 0.484 e. The third-order valence-corrected chi connectivity index (χ3v) is 0.707. The molecule has 3 nitrogen and oxygen atoms in total. The van der Waals surface area contributed by atoms with Crippen LogP contribution in [0.25, 0.3) is 0 Å². The van der Waals surface area contributed by atoms with Gasteiger partial charge in [-0.25, -0.2) is 0 Å². The summed E-state index contributed by atoms with van der Waals surface area (Å²) in [6.45, 7) is 5.65. The van der Waals surface area contributed by atoms with Crippen LogP contribution in [0.2, 0.25) is 19.6 Å². The van der Waals surface area contributed by atoms with Gasteiger partial charge in [-0.1, -0.05) is 0 Å². The Morgan fingerprint density at radius 2 is 1.30 bits per heavy atom. The van der Waals surface area contributed by atoms with Gasteiger partial charge in [0.1, 0.15) is 0 Å². The van der Waals surface area contributed by atoms with Gasteiger partial charge in [-0.2, -0.15) is 0 Å². The van der Waals surface area contributed by atoms with E-state index in [4.69, 9.17) is 4.80 Å². The molecule has 1 N–H and O–H groups in total. The zero-order chi connectivity index (χ0) is 8.62. The van der Waals surface area contributed by atoms with Crippen molar-refractivity contribution in [1.29, 1.82) is 0 Å². The zero-order valence-electron chi connectivity index (χ0n) is 7.47. The fraction of sp³-hybridized carbons (Fsp3) is 1.00. The highest BCUT2D eigenvalue weighted by atomic mass is 28.4. The summed E-state index contributed by atoms with van der Waals surface area (Å²) in [6, 6.07) is 0. The van der Waals surface area contributed by atoms with E-state index in [9.17, 15) is 0 Å². The molecule has 0 rings (SSSR count). The molecule has 0 atom stereocenters. The van der Waals surface area contributed by atoms with Crippen LogP contribution in [0, 0.1) is 0 Å². The van der Waals surface area contributed by atoms with Crippen LogP contribution in [0.1, 0.15) is 0 Å². The predicted molar refractivity (Wildman–Crippen MR) is 46.7 cm³/mol. The minimum absolute atomic E-state index is 0.568. The maximum absolute atomic E-state index is 8.66.